The first kappa shape index (κ1) is 11.9. The Morgan fingerprint density at radius 1 is 1.47 bits per heavy atom. The average molecular weight is 221 g/mol. The third-order valence-corrected chi connectivity index (χ3v) is 2.89. The Labute approximate surface area is 95.3 Å². The normalized spacial score (nSPS) is 9.67. The quantitative estimate of drug-likeness (QED) is 0.766. The summed E-state index contributed by atoms with van der Waals surface area (Å²) in [6, 6.07) is 8.08. The number of methoxy groups -OCH3 is 1. The van der Waals surface area contributed by atoms with E-state index in [4.69, 9.17) is 10.00 Å². The van der Waals surface area contributed by atoms with Crippen LogP contribution >= 0.6 is 11.8 Å². The molecule has 1 aromatic carbocycles. The van der Waals surface area contributed by atoms with Crippen molar-refractivity contribution in [3.8, 4) is 11.8 Å². The number of hydrogen-bond donors (Lipinski definition) is 0. The molecular formula is C12H15NOS. The van der Waals surface area contributed by atoms with Gasteiger partial charge in [-0.2, -0.15) is 17.0 Å². The summed E-state index contributed by atoms with van der Waals surface area (Å²) in [6.07, 6.45) is 3.50. The van der Waals surface area contributed by atoms with E-state index >= 15 is 0 Å². The molecule has 2 nitrogen and oxygen atoms in total. The molecular weight excluding hydrogens is 206 g/mol. The number of nitrogens with zero attached hydrogens (tertiary/aromatic N) is 1. The van der Waals surface area contributed by atoms with E-state index in [0.29, 0.717) is 6.42 Å². The minimum atomic E-state index is 0.459. The molecule has 0 aromatic heterocycles. The smallest absolute Gasteiger partial charge is 0.122 e. The van der Waals surface area contributed by atoms with E-state index in [-0.39, 0.29) is 0 Å². The Balaban J connectivity index is 2.98. The van der Waals surface area contributed by atoms with Gasteiger partial charge in [-0.05, 0) is 35.6 Å². The van der Waals surface area contributed by atoms with E-state index in [1.165, 1.54) is 5.56 Å². The monoisotopic (exact) mass is 221 g/mol. The van der Waals surface area contributed by atoms with Gasteiger partial charge in [-0.3, -0.25) is 0 Å². The lowest BCUT2D eigenvalue weighted by Crippen LogP contribution is -1.99. The van der Waals surface area contributed by atoms with Gasteiger partial charge < -0.3 is 4.74 Å². The Morgan fingerprint density at radius 3 is 2.87 bits per heavy atom. The lowest BCUT2D eigenvalue weighted by Gasteiger charge is -2.11. The lowest BCUT2D eigenvalue weighted by atomic mass is 10.0. The molecule has 0 bridgehead atoms. The van der Waals surface area contributed by atoms with Crippen molar-refractivity contribution in [1.82, 2.24) is 0 Å². The van der Waals surface area contributed by atoms with E-state index in [0.717, 1.165) is 23.5 Å². The first-order valence-electron chi connectivity index (χ1n) is 4.84. The van der Waals surface area contributed by atoms with Crippen LogP contribution in [-0.2, 0) is 12.8 Å². The van der Waals surface area contributed by atoms with Crippen molar-refractivity contribution < 1.29 is 4.74 Å². The van der Waals surface area contributed by atoms with Crippen LogP contribution < -0.4 is 4.74 Å². The highest BCUT2D eigenvalue weighted by Crippen LogP contribution is 2.24. The van der Waals surface area contributed by atoms with Crippen LogP contribution in [0.1, 0.15) is 11.1 Å². The summed E-state index contributed by atoms with van der Waals surface area (Å²) < 4.78 is 5.31. The lowest BCUT2D eigenvalue weighted by molar-refractivity contribution is 0.409. The summed E-state index contributed by atoms with van der Waals surface area (Å²) in [5.74, 6) is 1.95. The molecule has 0 spiro atoms. The molecule has 15 heavy (non-hydrogen) atoms. The minimum absolute atomic E-state index is 0.459. The standard InChI is InChI=1S/C12H15NOS/c1-14-12-5-3-4-10(6-8-13)11(12)7-9-15-2/h3-5H,6-7,9H2,1-2H3. The SMILES string of the molecule is COc1cccc(CC#N)c1CCSC. The van der Waals surface area contributed by atoms with Crippen LogP contribution in [0.15, 0.2) is 18.2 Å². The maximum atomic E-state index is 8.74. The van der Waals surface area contributed by atoms with Gasteiger partial charge in [-0.1, -0.05) is 12.1 Å². The van der Waals surface area contributed by atoms with Crippen molar-refractivity contribution >= 4 is 11.8 Å². The van der Waals surface area contributed by atoms with Crippen molar-refractivity contribution in [3.63, 3.8) is 0 Å². The van der Waals surface area contributed by atoms with Gasteiger partial charge in [0.05, 0.1) is 19.6 Å². The van der Waals surface area contributed by atoms with Crippen LogP contribution in [0.4, 0.5) is 0 Å². The first-order chi connectivity index (χ1) is 7.33. The number of nitriles is 1. The van der Waals surface area contributed by atoms with E-state index < -0.39 is 0 Å². The summed E-state index contributed by atoms with van der Waals surface area (Å²) in [7, 11) is 1.67. The molecule has 1 aromatic rings. The van der Waals surface area contributed by atoms with Crippen LogP contribution in [0.2, 0.25) is 0 Å². The zero-order chi connectivity index (χ0) is 11.1. The molecule has 0 unspecified atom stereocenters. The summed E-state index contributed by atoms with van der Waals surface area (Å²) in [6.45, 7) is 0. The number of benzene rings is 1. The number of rotatable bonds is 5. The molecule has 0 saturated heterocycles. The van der Waals surface area contributed by atoms with Gasteiger partial charge >= 0.3 is 0 Å². The van der Waals surface area contributed by atoms with Crippen molar-refractivity contribution in [3.05, 3.63) is 29.3 Å². The molecule has 0 aliphatic carbocycles. The molecule has 0 radical (unpaired) electrons. The van der Waals surface area contributed by atoms with Crippen LogP contribution in [0.3, 0.4) is 0 Å². The fourth-order valence-corrected chi connectivity index (χ4v) is 1.95. The Kier molecular flexibility index (Phi) is 5.06. The van der Waals surface area contributed by atoms with Crippen molar-refractivity contribution in [2.24, 2.45) is 0 Å². The number of ether oxygens (including phenoxy) is 1. The van der Waals surface area contributed by atoms with Gasteiger partial charge in [0.15, 0.2) is 0 Å². The Hall–Kier alpha value is -1.14. The third kappa shape index (κ3) is 3.17. The van der Waals surface area contributed by atoms with Gasteiger partial charge in [0.25, 0.3) is 0 Å². The van der Waals surface area contributed by atoms with Gasteiger partial charge in [-0.25, -0.2) is 0 Å². The second kappa shape index (κ2) is 6.36. The fraction of sp³-hybridized carbons (Fsp3) is 0.417. The van der Waals surface area contributed by atoms with Gasteiger partial charge in [-0.15, -0.1) is 0 Å². The summed E-state index contributed by atoms with van der Waals surface area (Å²) in [4.78, 5) is 0. The molecule has 0 amide bonds. The Bertz CT molecular complexity index is 357. The van der Waals surface area contributed by atoms with Crippen LogP contribution in [0.5, 0.6) is 5.75 Å². The molecule has 0 aliphatic rings. The highest BCUT2D eigenvalue weighted by atomic mass is 32.2. The number of hydrogen-bond acceptors (Lipinski definition) is 3. The molecule has 80 valence electrons. The minimum Gasteiger partial charge on any atom is -0.496 e. The summed E-state index contributed by atoms with van der Waals surface area (Å²) in [5.41, 5.74) is 2.27. The van der Waals surface area contributed by atoms with E-state index in [1.54, 1.807) is 18.9 Å². The molecule has 1 rings (SSSR count). The predicted octanol–water partition coefficient (Wildman–Crippen LogP) is 2.67. The van der Waals surface area contributed by atoms with Crippen molar-refractivity contribution in [2.75, 3.05) is 19.1 Å². The zero-order valence-electron chi connectivity index (χ0n) is 9.12. The van der Waals surface area contributed by atoms with Crippen molar-refractivity contribution in [1.29, 1.82) is 5.26 Å². The van der Waals surface area contributed by atoms with E-state index in [2.05, 4.69) is 12.3 Å². The molecule has 0 atom stereocenters. The van der Waals surface area contributed by atoms with Crippen molar-refractivity contribution in [2.45, 2.75) is 12.8 Å². The maximum Gasteiger partial charge on any atom is 0.122 e. The van der Waals surface area contributed by atoms with Crippen LogP contribution in [-0.4, -0.2) is 19.1 Å². The van der Waals surface area contributed by atoms with Gasteiger partial charge in [0, 0.05) is 0 Å². The largest absolute Gasteiger partial charge is 0.496 e. The maximum absolute atomic E-state index is 8.74. The molecule has 0 heterocycles. The van der Waals surface area contributed by atoms with Gasteiger partial charge in [0.1, 0.15) is 5.75 Å². The fourth-order valence-electron chi connectivity index (χ4n) is 1.54. The zero-order valence-corrected chi connectivity index (χ0v) is 9.93. The van der Waals surface area contributed by atoms with Crippen LogP contribution in [0.25, 0.3) is 0 Å². The Morgan fingerprint density at radius 2 is 2.27 bits per heavy atom. The second-order valence-corrected chi connectivity index (χ2v) is 4.16. The number of thioether (sulfide) groups is 1. The molecule has 0 N–H and O–H groups in total. The highest BCUT2D eigenvalue weighted by molar-refractivity contribution is 7.98. The second-order valence-electron chi connectivity index (χ2n) is 3.18. The van der Waals surface area contributed by atoms with Gasteiger partial charge in [0.2, 0.25) is 0 Å². The molecule has 0 fully saturated rings. The first-order valence-corrected chi connectivity index (χ1v) is 6.23. The average Bonchev–Trinajstić information content (AvgIpc) is 2.27. The van der Waals surface area contributed by atoms with E-state index in [1.807, 2.05) is 18.2 Å². The summed E-state index contributed by atoms with van der Waals surface area (Å²) in [5, 5.41) is 8.74. The highest BCUT2D eigenvalue weighted by Gasteiger charge is 2.07. The molecule has 0 saturated carbocycles. The third-order valence-electron chi connectivity index (χ3n) is 2.28. The predicted molar refractivity (Wildman–Crippen MR) is 64.4 cm³/mol. The van der Waals surface area contributed by atoms with Crippen LogP contribution in [0, 0.1) is 11.3 Å². The topological polar surface area (TPSA) is 33.0 Å². The molecule has 0 aliphatic heterocycles. The molecule has 3 heteroatoms. The van der Waals surface area contributed by atoms with E-state index in [9.17, 15) is 0 Å². The summed E-state index contributed by atoms with van der Waals surface area (Å²) >= 11 is 1.80.